The first-order chi connectivity index (χ1) is 12.1. The molecule has 25 heavy (non-hydrogen) atoms. The van der Waals surface area contributed by atoms with Gasteiger partial charge in [-0.05, 0) is 24.6 Å². The zero-order valence-electron chi connectivity index (χ0n) is 13.7. The summed E-state index contributed by atoms with van der Waals surface area (Å²) < 4.78 is 13.5. The van der Waals surface area contributed by atoms with Gasteiger partial charge in [0, 0.05) is 10.5 Å². The van der Waals surface area contributed by atoms with Crippen LogP contribution in [0.1, 0.15) is 17.7 Å². The second kappa shape index (κ2) is 7.57. The number of rotatable bonds is 5. The minimum atomic E-state index is -0.171. The highest BCUT2D eigenvalue weighted by Gasteiger charge is 2.17. The molecule has 1 aliphatic rings. The van der Waals surface area contributed by atoms with E-state index in [1.54, 1.807) is 10.7 Å². The predicted octanol–water partition coefficient (Wildman–Crippen LogP) is 2.82. The van der Waals surface area contributed by atoms with Crippen LogP contribution in [0.25, 0.3) is 0 Å². The summed E-state index contributed by atoms with van der Waals surface area (Å²) in [5, 5.41) is 15.9. The third-order valence-corrected chi connectivity index (χ3v) is 4.41. The van der Waals surface area contributed by atoms with E-state index in [0.717, 1.165) is 15.7 Å². The Labute approximate surface area is 153 Å². The SMILES string of the molecule is Cc1cc(NC(=O)Cc2cc3c(cc2Br)OCCO3)n(CCC#N)n1. The van der Waals surface area contributed by atoms with Crippen LogP contribution in [-0.4, -0.2) is 28.9 Å². The number of fused-ring (bicyclic) bond motifs is 1. The van der Waals surface area contributed by atoms with E-state index in [2.05, 4.69) is 32.4 Å². The molecule has 8 heteroatoms. The van der Waals surface area contributed by atoms with Crippen molar-refractivity contribution in [3.05, 3.63) is 33.9 Å². The summed E-state index contributed by atoms with van der Waals surface area (Å²) >= 11 is 3.47. The Morgan fingerprint density at radius 2 is 2.08 bits per heavy atom. The lowest BCUT2D eigenvalue weighted by molar-refractivity contribution is -0.115. The first-order valence-electron chi connectivity index (χ1n) is 7.86. The van der Waals surface area contributed by atoms with Crippen LogP contribution in [0, 0.1) is 18.3 Å². The molecule has 0 unspecified atom stereocenters. The van der Waals surface area contributed by atoms with E-state index < -0.39 is 0 Å². The van der Waals surface area contributed by atoms with Gasteiger partial charge in [-0.1, -0.05) is 15.9 Å². The zero-order chi connectivity index (χ0) is 17.8. The average Bonchev–Trinajstić information content (AvgIpc) is 2.92. The van der Waals surface area contributed by atoms with Crippen molar-refractivity contribution in [3.63, 3.8) is 0 Å². The van der Waals surface area contributed by atoms with Gasteiger partial charge in [0.1, 0.15) is 19.0 Å². The second-order valence-corrected chi connectivity index (χ2v) is 6.47. The largest absolute Gasteiger partial charge is 0.486 e. The molecule has 0 fully saturated rings. The third kappa shape index (κ3) is 4.12. The van der Waals surface area contributed by atoms with Gasteiger partial charge in [-0.2, -0.15) is 10.4 Å². The number of nitrogens with one attached hydrogen (secondary N) is 1. The molecule has 1 amide bonds. The number of hydrogen-bond donors (Lipinski definition) is 1. The molecule has 0 aliphatic carbocycles. The fraction of sp³-hybridized carbons (Fsp3) is 0.353. The number of nitrogens with zero attached hydrogens (tertiary/aromatic N) is 3. The molecule has 3 rings (SSSR count). The third-order valence-electron chi connectivity index (χ3n) is 3.67. The summed E-state index contributed by atoms with van der Waals surface area (Å²) in [5.41, 5.74) is 1.59. The number of aromatic nitrogens is 2. The van der Waals surface area contributed by atoms with E-state index in [-0.39, 0.29) is 12.3 Å². The molecule has 1 N–H and O–H groups in total. The Bertz CT molecular complexity index is 841. The Balaban J connectivity index is 1.72. The number of hydrogen-bond acceptors (Lipinski definition) is 5. The van der Waals surface area contributed by atoms with Crippen molar-refractivity contribution < 1.29 is 14.3 Å². The Kier molecular flexibility index (Phi) is 5.24. The van der Waals surface area contributed by atoms with Crippen molar-refractivity contribution in [1.82, 2.24) is 9.78 Å². The van der Waals surface area contributed by atoms with Crippen molar-refractivity contribution in [1.29, 1.82) is 5.26 Å². The molecule has 1 aromatic carbocycles. The maximum atomic E-state index is 12.4. The molecular weight excluding hydrogens is 388 g/mol. The molecular formula is C17H17BrN4O3. The number of benzene rings is 1. The maximum absolute atomic E-state index is 12.4. The molecule has 0 saturated heterocycles. The fourth-order valence-corrected chi connectivity index (χ4v) is 3.04. The predicted molar refractivity (Wildman–Crippen MR) is 94.7 cm³/mol. The van der Waals surface area contributed by atoms with Crippen LogP contribution in [-0.2, 0) is 17.8 Å². The number of nitriles is 1. The first kappa shape index (κ1) is 17.3. The number of carbonyl (C=O) groups is 1. The van der Waals surface area contributed by atoms with Crippen LogP contribution >= 0.6 is 15.9 Å². The number of anilines is 1. The summed E-state index contributed by atoms with van der Waals surface area (Å²) in [4.78, 5) is 12.4. The number of aryl methyl sites for hydroxylation is 2. The monoisotopic (exact) mass is 404 g/mol. The molecule has 130 valence electrons. The molecule has 1 aliphatic heterocycles. The van der Waals surface area contributed by atoms with Gasteiger partial charge < -0.3 is 14.8 Å². The van der Waals surface area contributed by atoms with E-state index in [1.165, 1.54) is 0 Å². The van der Waals surface area contributed by atoms with Crippen molar-refractivity contribution in [2.75, 3.05) is 18.5 Å². The van der Waals surface area contributed by atoms with Gasteiger partial charge in [0.05, 0.1) is 31.1 Å². The number of carbonyl (C=O) groups excluding carboxylic acids is 1. The van der Waals surface area contributed by atoms with Gasteiger partial charge in [0.25, 0.3) is 0 Å². The van der Waals surface area contributed by atoms with Crippen molar-refractivity contribution in [3.8, 4) is 17.6 Å². The topological polar surface area (TPSA) is 89.2 Å². The summed E-state index contributed by atoms with van der Waals surface area (Å²) in [7, 11) is 0. The van der Waals surface area contributed by atoms with E-state index in [4.69, 9.17) is 14.7 Å². The Morgan fingerprint density at radius 1 is 1.36 bits per heavy atom. The van der Waals surface area contributed by atoms with Gasteiger partial charge in [0.2, 0.25) is 5.91 Å². The average molecular weight is 405 g/mol. The number of ether oxygens (including phenoxy) is 2. The summed E-state index contributed by atoms with van der Waals surface area (Å²) in [6.07, 6.45) is 0.511. The van der Waals surface area contributed by atoms with Gasteiger partial charge in [-0.25, -0.2) is 4.68 Å². The van der Waals surface area contributed by atoms with E-state index >= 15 is 0 Å². The van der Waals surface area contributed by atoms with E-state index in [0.29, 0.717) is 43.5 Å². The number of amides is 1. The number of halogens is 1. The standard InChI is InChI=1S/C17H17BrN4O3/c1-11-7-16(22(21-11)4-2-3-19)20-17(23)9-12-8-14-15(10-13(12)18)25-6-5-24-14/h7-8,10H,2,4-6,9H2,1H3,(H,20,23). The lowest BCUT2D eigenvalue weighted by atomic mass is 10.1. The molecule has 2 heterocycles. The molecule has 7 nitrogen and oxygen atoms in total. The highest BCUT2D eigenvalue weighted by atomic mass is 79.9. The van der Waals surface area contributed by atoms with Gasteiger partial charge in [-0.3, -0.25) is 4.79 Å². The maximum Gasteiger partial charge on any atom is 0.229 e. The van der Waals surface area contributed by atoms with Crippen LogP contribution in [0.15, 0.2) is 22.7 Å². The van der Waals surface area contributed by atoms with E-state index in [1.807, 2.05) is 19.1 Å². The van der Waals surface area contributed by atoms with Gasteiger partial charge >= 0.3 is 0 Å². The zero-order valence-corrected chi connectivity index (χ0v) is 15.3. The quantitative estimate of drug-likeness (QED) is 0.827. The van der Waals surface area contributed by atoms with Crippen molar-refractivity contribution in [2.24, 2.45) is 0 Å². The second-order valence-electron chi connectivity index (χ2n) is 5.61. The summed E-state index contributed by atoms with van der Waals surface area (Å²) in [6.45, 7) is 3.30. The minimum Gasteiger partial charge on any atom is -0.486 e. The van der Waals surface area contributed by atoms with Crippen molar-refractivity contribution in [2.45, 2.75) is 26.3 Å². The molecule has 1 aromatic heterocycles. The minimum absolute atomic E-state index is 0.171. The lowest BCUT2D eigenvalue weighted by Crippen LogP contribution is -2.19. The molecule has 0 bridgehead atoms. The normalized spacial score (nSPS) is 12.5. The molecule has 2 aromatic rings. The Hall–Kier alpha value is -2.53. The Morgan fingerprint density at radius 3 is 2.80 bits per heavy atom. The van der Waals surface area contributed by atoms with Crippen LogP contribution in [0.3, 0.4) is 0 Å². The van der Waals surface area contributed by atoms with Gasteiger partial charge in [0.15, 0.2) is 11.5 Å². The summed E-state index contributed by atoms with van der Waals surface area (Å²) in [6, 6.07) is 7.50. The van der Waals surface area contributed by atoms with Crippen LogP contribution in [0.5, 0.6) is 11.5 Å². The molecule has 0 atom stereocenters. The van der Waals surface area contributed by atoms with Crippen LogP contribution < -0.4 is 14.8 Å². The van der Waals surface area contributed by atoms with Crippen LogP contribution in [0.4, 0.5) is 5.82 Å². The highest BCUT2D eigenvalue weighted by molar-refractivity contribution is 9.10. The molecule has 0 spiro atoms. The first-order valence-corrected chi connectivity index (χ1v) is 8.65. The lowest BCUT2D eigenvalue weighted by Gasteiger charge is -2.19. The van der Waals surface area contributed by atoms with E-state index in [9.17, 15) is 4.79 Å². The van der Waals surface area contributed by atoms with Crippen LogP contribution in [0.2, 0.25) is 0 Å². The molecule has 0 saturated carbocycles. The molecule has 0 radical (unpaired) electrons. The fourth-order valence-electron chi connectivity index (χ4n) is 2.57. The van der Waals surface area contributed by atoms with Crippen molar-refractivity contribution >= 4 is 27.7 Å². The highest BCUT2D eigenvalue weighted by Crippen LogP contribution is 2.35. The summed E-state index contributed by atoms with van der Waals surface area (Å²) in [5.74, 6) is 1.74. The smallest absolute Gasteiger partial charge is 0.229 e. The van der Waals surface area contributed by atoms with Gasteiger partial charge in [-0.15, -0.1) is 0 Å².